The minimum atomic E-state index is -3.66. The number of aliphatic hydroxyl groups excluding tert-OH is 1. The Kier molecular flexibility index (Phi) is 7.49. The van der Waals surface area contributed by atoms with Gasteiger partial charge in [0.25, 0.3) is 0 Å². The smallest absolute Gasteiger partial charge is 0.386 e. The summed E-state index contributed by atoms with van der Waals surface area (Å²) in [5, 5.41) is 8.55. The van der Waals surface area contributed by atoms with E-state index in [1.54, 1.807) is 0 Å². The van der Waals surface area contributed by atoms with Gasteiger partial charge in [-0.15, -0.1) is 0 Å². The molecule has 1 atom stereocenters. The van der Waals surface area contributed by atoms with Crippen molar-refractivity contribution in [2.24, 2.45) is 0 Å². The third kappa shape index (κ3) is 6.45. The number of ether oxygens (including phenoxy) is 1. The van der Waals surface area contributed by atoms with Gasteiger partial charge in [-0.05, 0) is 36.4 Å². The number of aryl methyl sites for hydroxylation is 1. The Hall–Kier alpha value is -0.520. The third-order valence-corrected chi connectivity index (χ3v) is 5.31. The highest BCUT2D eigenvalue weighted by Gasteiger charge is 2.19. The van der Waals surface area contributed by atoms with Crippen LogP contribution in [-0.2, 0) is 15.5 Å². The average molecular weight is 306 g/mol. The summed E-state index contributed by atoms with van der Waals surface area (Å²) in [4.78, 5) is 9.45. The van der Waals surface area contributed by atoms with Crippen molar-refractivity contribution in [2.75, 3.05) is 25.6 Å². The minimum absolute atomic E-state index is 0.129. The number of rotatable bonds is 9. The summed E-state index contributed by atoms with van der Waals surface area (Å²) in [6.45, 7) is -1.56. The maximum atomic E-state index is 11.5. The molecule has 0 radical (unpaired) electrons. The second kappa shape index (κ2) is 8.61. The number of benzene rings is 1. The van der Waals surface area contributed by atoms with Crippen molar-refractivity contribution in [3.63, 3.8) is 0 Å². The Labute approximate surface area is 117 Å². The van der Waals surface area contributed by atoms with Gasteiger partial charge in [0.2, 0.25) is 0 Å². The Bertz CT molecular complexity index is 426. The van der Waals surface area contributed by atoms with E-state index in [1.807, 2.05) is 31.2 Å². The van der Waals surface area contributed by atoms with Crippen molar-refractivity contribution in [3.8, 4) is 5.75 Å². The van der Waals surface area contributed by atoms with Crippen LogP contribution in [0, 0.1) is 0 Å². The van der Waals surface area contributed by atoms with Crippen LogP contribution >= 0.6 is 18.2 Å². The zero-order chi connectivity index (χ0) is 14.1. The maximum absolute atomic E-state index is 11.5. The Balaban J connectivity index is 2.46. The first-order chi connectivity index (χ1) is 9.09. The van der Waals surface area contributed by atoms with E-state index in [9.17, 15) is 9.46 Å². The summed E-state index contributed by atoms with van der Waals surface area (Å²) in [7, 11) is 0. The normalized spacial score (nSPS) is 14.1. The van der Waals surface area contributed by atoms with Crippen molar-refractivity contribution < 1.29 is 23.8 Å². The predicted octanol–water partition coefficient (Wildman–Crippen LogP) is 2.47. The molecule has 0 bridgehead atoms. The molecule has 0 saturated carbocycles. The van der Waals surface area contributed by atoms with Gasteiger partial charge in [0.15, 0.2) is 0 Å². The van der Waals surface area contributed by atoms with Crippen LogP contribution in [0.1, 0.15) is 12.5 Å². The number of aliphatic hydroxyl groups is 1. The molecule has 5 nitrogen and oxygen atoms in total. The largest absolute Gasteiger partial charge is 0.494 e. The van der Waals surface area contributed by atoms with E-state index in [2.05, 4.69) is 4.52 Å². The highest BCUT2D eigenvalue weighted by Crippen LogP contribution is 2.55. The molecular weight excluding hydrogens is 287 g/mol. The zero-order valence-electron chi connectivity index (χ0n) is 10.8. The standard InChI is InChI=1S/C12H19O5PS/c1-2-16-12-6-4-3-5-11(12)7-10-19-18(14,15)17-9-8-13/h3-6,13H,2,7-10H2,1H3,(H,14,15). The second-order valence-electron chi connectivity index (χ2n) is 3.65. The predicted molar refractivity (Wildman–Crippen MR) is 76.6 cm³/mol. The number of hydrogen-bond donors (Lipinski definition) is 2. The van der Waals surface area contributed by atoms with Crippen molar-refractivity contribution in [3.05, 3.63) is 29.8 Å². The van der Waals surface area contributed by atoms with Crippen LogP contribution in [0.2, 0.25) is 0 Å². The molecule has 0 aliphatic carbocycles. The summed E-state index contributed by atoms with van der Waals surface area (Å²) >= 11 is 0.863. The first kappa shape index (κ1) is 16.5. The number of para-hydroxylation sites is 1. The lowest BCUT2D eigenvalue weighted by molar-refractivity contribution is 0.190. The van der Waals surface area contributed by atoms with Crippen LogP contribution in [0.3, 0.4) is 0 Å². The molecule has 0 aliphatic heterocycles. The van der Waals surface area contributed by atoms with E-state index in [0.717, 1.165) is 22.7 Å². The lowest BCUT2D eigenvalue weighted by Gasteiger charge is -2.12. The van der Waals surface area contributed by atoms with Gasteiger partial charge in [-0.2, -0.15) is 0 Å². The van der Waals surface area contributed by atoms with Crippen LogP contribution in [0.25, 0.3) is 0 Å². The van der Waals surface area contributed by atoms with Crippen molar-refractivity contribution in [1.29, 1.82) is 0 Å². The molecule has 0 aliphatic rings. The molecule has 1 unspecified atom stereocenters. The summed E-state index contributed by atoms with van der Waals surface area (Å²) < 4.78 is 21.7. The lowest BCUT2D eigenvalue weighted by atomic mass is 10.1. The van der Waals surface area contributed by atoms with Crippen LogP contribution in [0.5, 0.6) is 5.75 Å². The summed E-state index contributed by atoms with van der Waals surface area (Å²) in [5.74, 6) is 1.25. The lowest BCUT2D eigenvalue weighted by Crippen LogP contribution is -1.99. The molecule has 0 amide bonds. The molecule has 2 N–H and O–H groups in total. The van der Waals surface area contributed by atoms with E-state index >= 15 is 0 Å². The zero-order valence-corrected chi connectivity index (χ0v) is 12.5. The molecule has 0 saturated heterocycles. The first-order valence-corrected chi connectivity index (χ1v) is 9.19. The summed E-state index contributed by atoms with van der Waals surface area (Å²) in [6, 6.07) is 7.61. The van der Waals surface area contributed by atoms with Gasteiger partial charge in [-0.25, -0.2) is 4.57 Å². The SMILES string of the molecule is CCOc1ccccc1CCSP(=O)(O)OCCO. The quantitative estimate of drug-likeness (QED) is 0.683. The van der Waals surface area contributed by atoms with Crippen molar-refractivity contribution in [2.45, 2.75) is 13.3 Å². The van der Waals surface area contributed by atoms with E-state index in [4.69, 9.17) is 9.84 Å². The highest BCUT2D eigenvalue weighted by atomic mass is 32.7. The van der Waals surface area contributed by atoms with E-state index in [-0.39, 0.29) is 13.2 Å². The molecule has 19 heavy (non-hydrogen) atoms. The van der Waals surface area contributed by atoms with E-state index < -0.39 is 6.80 Å². The van der Waals surface area contributed by atoms with E-state index in [0.29, 0.717) is 18.8 Å². The Morgan fingerprint density at radius 3 is 2.79 bits per heavy atom. The molecular formula is C12H19O5PS. The monoisotopic (exact) mass is 306 g/mol. The Morgan fingerprint density at radius 1 is 1.37 bits per heavy atom. The second-order valence-corrected chi connectivity index (χ2v) is 7.67. The molecule has 1 rings (SSSR count). The van der Waals surface area contributed by atoms with Gasteiger partial charge in [-0.3, -0.25) is 4.52 Å². The summed E-state index contributed by atoms with van der Waals surface area (Å²) in [5.41, 5.74) is 0.999. The molecule has 1 aromatic carbocycles. The minimum Gasteiger partial charge on any atom is -0.494 e. The van der Waals surface area contributed by atoms with E-state index in [1.165, 1.54) is 0 Å². The van der Waals surface area contributed by atoms with Gasteiger partial charge in [0, 0.05) is 5.75 Å². The van der Waals surface area contributed by atoms with Gasteiger partial charge in [-0.1, -0.05) is 18.2 Å². The fourth-order valence-corrected chi connectivity index (χ4v) is 3.81. The van der Waals surface area contributed by atoms with Crippen LogP contribution in [0.15, 0.2) is 24.3 Å². The highest BCUT2D eigenvalue weighted by molar-refractivity contribution is 8.54. The van der Waals surface area contributed by atoms with Gasteiger partial charge >= 0.3 is 6.80 Å². The van der Waals surface area contributed by atoms with Gasteiger partial charge < -0.3 is 14.7 Å². The van der Waals surface area contributed by atoms with Crippen LogP contribution < -0.4 is 4.74 Å². The third-order valence-electron chi connectivity index (χ3n) is 2.24. The molecule has 0 heterocycles. The van der Waals surface area contributed by atoms with Crippen LogP contribution in [0.4, 0.5) is 0 Å². The molecule has 0 spiro atoms. The maximum Gasteiger partial charge on any atom is 0.386 e. The van der Waals surface area contributed by atoms with Crippen LogP contribution in [-0.4, -0.2) is 35.6 Å². The molecule has 0 aromatic heterocycles. The fourth-order valence-electron chi connectivity index (χ4n) is 1.47. The first-order valence-electron chi connectivity index (χ1n) is 6.02. The summed E-state index contributed by atoms with van der Waals surface area (Å²) in [6.07, 6.45) is 0.619. The average Bonchev–Trinajstić information content (AvgIpc) is 2.39. The van der Waals surface area contributed by atoms with Gasteiger partial charge in [0.05, 0.1) is 19.8 Å². The van der Waals surface area contributed by atoms with Crippen molar-refractivity contribution >= 4 is 18.2 Å². The fraction of sp³-hybridized carbons (Fsp3) is 0.500. The molecule has 7 heteroatoms. The molecule has 108 valence electrons. The number of hydrogen-bond acceptors (Lipinski definition) is 5. The Morgan fingerprint density at radius 2 is 2.11 bits per heavy atom. The topological polar surface area (TPSA) is 76.0 Å². The van der Waals surface area contributed by atoms with Gasteiger partial charge in [0.1, 0.15) is 5.75 Å². The molecule has 0 fully saturated rings. The van der Waals surface area contributed by atoms with Crippen molar-refractivity contribution in [1.82, 2.24) is 0 Å². The molecule has 1 aromatic rings.